The lowest BCUT2D eigenvalue weighted by atomic mass is 9.95. The molecule has 1 saturated heterocycles. The number of anilines is 1. The van der Waals surface area contributed by atoms with E-state index in [1.54, 1.807) is 48.4 Å². The molecule has 2 amide bonds. The van der Waals surface area contributed by atoms with Crippen molar-refractivity contribution in [2.75, 3.05) is 45.5 Å². The van der Waals surface area contributed by atoms with Crippen molar-refractivity contribution < 1.29 is 28.5 Å². The molecule has 0 unspecified atom stereocenters. The van der Waals surface area contributed by atoms with Crippen molar-refractivity contribution in [1.82, 2.24) is 4.90 Å². The number of likely N-dealkylation sites (tertiary alicyclic amines) is 1. The van der Waals surface area contributed by atoms with Gasteiger partial charge in [-0.05, 0) is 43.2 Å². The van der Waals surface area contributed by atoms with Crippen LogP contribution in [-0.2, 0) is 9.53 Å². The van der Waals surface area contributed by atoms with E-state index >= 15 is 0 Å². The number of carbonyl (C=O) groups excluding carboxylic acids is 2. The number of rotatable bonds is 7. The van der Waals surface area contributed by atoms with Gasteiger partial charge in [0, 0.05) is 43.4 Å². The molecule has 2 heterocycles. The van der Waals surface area contributed by atoms with Crippen LogP contribution < -0.4 is 19.5 Å². The number of nitrogens with zero attached hydrogens (tertiary/aromatic N) is 1. The maximum atomic E-state index is 12.9. The van der Waals surface area contributed by atoms with Gasteiger partial charge < -0.3 is 29.2 Å². The van der Waals surface area contributed by atoms with E-state index in [0.717, 1.165) is 0 Å². The van der Waals surface area contributed by atoms with Crippen LogP contribution in [0.1, 0.15) is 23.2 Å². The third kappa shape index (κ3) is 5.08. The fourth-order valence-electron chi connectivity index (χ4n) is 3.71. The number of nitrogens with one attached hydrogen (secondary N) is 1. The van der Waals surface area contributed by atoms with Crippen molar-refractivity contribution in [2.45, 2.75) is 12.8 Å². The number of hydrogen-bond acceptors (Lipinski definition) is 6. The summed E-state index contributed by atoms with van der Waals surface area (Å²) in [5, 5.41) is 2.94. The Morgan fingerprint density at radius 1 is 1.06 bits per heavy atom. The molecule has 164 valence electrons. The minimum Gasteiger partial charge on any atom is -0.491 e. The fourth-order valence-corrected chi connectivity index (χ4v) is 3.71. The topological polar surface area (TPSA) is 86.3 Å². The van der Waals surface area contributed by atoms with Gasteiger partial charge in [-0.2, -0.15) is 0 Å². The third-order valence-electron chi connectivity index (χ3n) is 5.43. The van der Waals surface area contributed by atoms with E-state index in [4.69, 9.17) is 18.9 Å². The summed E-state index contributed by atoms with van der Waals surface area (Å²) in [4.78, 5) is 27.3. The van der Waals surface area contributed by atoms with Crippen LogP contribution in [0.2, 0.25) is 0 Å². The molecule has 1 fully saturated rings. The molecule has 8 nitrogen and oxygen atoms in total. The molecule has 1 N–H and O–H groups in total. The molecular formula is C23H26N2O6. The Labute approximate surface area is 181 Å². The highest BCUT2D eigenvalue weighted by Gasteiger charge is 2.28. The molecule has 0 aliphatic carbocycles. The largest absolute Gasteiger partial charge is 0.491 e. The van der Waals surface area contributed by atoms with E-state index in [-0.39, 0.29) is 24.5 Å². The Bertz CT molecular complexity index is 939. The molecule has 0 aromatic heterocycles. The van der Waals surface area contributed by atoms with Gasteiger partial charge >= 0.3 is 0 Å². The van der Waals surface area contributed by atoms with Crippen LogP contribution >= 0.6 is 0 Å². The average molecular weight is 426 g/mol. The predicted octanol–water partition coefficient (Wildman–Crippen LogP) is 2.93. The van der Waals surface area contributed by atoms with Crippen LogP contribution in [0.15, 0.2) is 42.5 Å². The Morgan fingerprint density at radius 3 is 2.68 bits per heavy atom. The van der Waals surface area contributed by atoms with Crippen LogP contribution in [0.4, 0.5) is 5.69 Å². The molecule has 0 radical (unpaired) electrons. The molecule has 0 spiro atoms. The van der Waals surface area contributed by atoms with Crippen LogP contribution in [0.25, 0.3) is 0 Å². The summed E-state index contributed by atoms with van der Waals surface area (Å²) in [6.45, 7) is 2.18. The van der Waals surface area contributed by atoms with Gasteiger partial charge in [-0.15, -0.1) is 0 Å². The lowest BCUT2D eigenvalue weighted by molar-refractivity contribution is -0.121. The number of piperidine rings is 1. The first-order chi connectivity index (χ1) is 15.1. The minimum atomic E-state index is -0.141. The summed E-state index contributed by atoms with van der Waals surface area (Å²) < 4.78 is 21.2. The molecule has 2 aromatic rings. The van der Waals surface area contributed by atoms with Crippen molar-refractivity contribution in [3.63, 3.8) is 0 Å². The van der Waals surface area contributed by atoms with E-state index in [9.17, 15) is 9.59 Å². The fraction of sp³-hybridized carbons (Fsp3) is 0.391. The zero-order valence-corrected chi connectivity index (χ0v) is 17.5. The summed E-state index contributed by atoms with van der Waals surface area (Å²) in [5.41, 5.74) is 1.26. The normalized spacial score (nSPS) is 15.6. The molecule has 0 saturated carbocycles. The number of ether oxygens (including phenoxy) is 4. The van der Waals surface area contributed by atoms with Gasteiger partial charge in [-0.25, -0.2) is 0 Å². The molecule has 0 bridgehead atoms. The number of hydrogen-bond donors (Lipinski definition) is 1. The highest BCUT2D eigenvalue weighted by Crippen LogP contribution is 2.34. The van der Waals surface area contributed by atoms with Gasteiger partial charge in [-0.1, -0.05) is 6.07 Å². The standard InChI is InChI=1S/C23H26N2O6/c1-28-11-12-29-19-4-2-3-17(13-19)23(27)25-9-7-16(8-10-25)22(26)24-18-5-6-20-21(14-18)31-15-30-20/h2-6,13-14,16H,7-12,15H2,1H3,(H,24,26). The molecule has 8 heteroatoms. The van der Waals surface area contributed by atoms with Gasteiger partial charge in [0.1, 0.15) is 12.4 Å². The Kier molecular flexibility index (Phi) is 6.57. The monoisotopic (exact) mass is 426 g/mol. The molecule has 4 rings (SSSR count). The highest BCUT2D eigenvalue weighted by molar-refractivity contribution is 5.95. The Morgan fingerprint density at radius 2 is 1.87 bits per heavy atom. The highest BCUT2D eigenvalue weighted by atomic mass is 16.7. The van der Waals surface area contributed by atoms with Crippen molar-refractivity contribution in [3.05, 3.63) is 48.0 Å². The molecular weight excluding hydrogens is 400 g/mol. The number of methoxy groups -OCH3 is 1. The molecule has 2 aliphatic heterocycles. The van der Waals surface area contributed by atoms with Crippen LogP contribution in [0.3, 0.4) is 0 Å². The Balaban J connectivity index is 1.29. The number of carbonyl (C=O) groups is 2. The lowest BCUT2D eigenvalue weighted by Crippen LogP contribution is -2.41. The zero-order valence-electron chi connectivity index (χ0n) is 17.5. The quantitative estimate of drug-likeness (QED) is 0.685. The third-order valence-corrected chi connectivity index (χ3v) is 5.43. The molecule has 2 aliphatic rings. The summed E-state index contributed by atoms with van der Waals surface area (Å²) in [7, 11) is 1.61. The SMILES string of the molecule is COCCOc1cccc(C(=O)N2CCC(C(=O)Nc3ccc4c(c3)OCO4)CC2)c1. The number of benzene rings is 2. The van der Waals surface area contributed by atoms with Gasteiger partial charge in [0.25, 0.3) is 5.91 Å². The maximum Gasteiger partial charge on any atom is 0.253 e. The number of amides is 2. The van der Waals surface area contributed by atoms with E-state index in [0.29, 0.717) is 67.6 Å². The number of fused-ring (bicyclic) bond motifs is 1. The molecule has 31 heavy (non-hydrogen) atoms. The first-order valence-corrected chi connectivity index (χ1v) is 10.4. The van der Waals surface area contributed by atoms with E-state index in [1.807, 2.05) is 6.07 Å². The second kappa shape index (κ2) is 9.70. The first kappa shape index (κ1) is 21.0. The summed E-state index contributed by atoms with van der Waals surface area (Å²) >= 11 is 0. The first-order valence-electron chi connectivity index (χ1n) is 10.4. The van der Waals surface area contributed by atoms with Crippen LogP contribution in [-0.4, -0.2) is 56.9 Å². The van der Waals surface area contributed by atoms with Crippen LogP contribution in [0, 0.1) is 5.92 Å². The predicted molar refractivity (Wildman–Crippen MR) is 114 cm³/mol. The van der Waals surface area contributed by atoms with E-state index < -0.39 is 0 Å². The maximum absolute atomic E-state index is 12.9. The van der Waals surface area contributed by atoms with Crippen molar-refractivity contribution in [3.8, 4) is 17.2 Å². The summed E-state index contributed by atoms with van der Waals surface area (Å²) in [6, 6.07) is 12.5. The van der Waals surface area contributed by atoms with E-state index in [2.05, 4.69) is 5.32 Å². The van der Waals surface area contributed by atoms with Crippen LogP contribution in [0.5, 0.6) is 17.2 Å². The van der Waals surface area contributed by atoms with Gasteiger partial charge in [0.15, 0.2) is 11.5 Å². The zero-order chi connectivity index (χ0) is 21.6. The van der Waals surface area contributed by atoms with Gasteiger partial charge in [0.2, 0.25) is 12.7 Å². The average Bonchev–Trinajstić information content (AvgIpc) is 3.27. The second-order valence-electron chi connectivity index (χ2n) is 7.49. The molecule has 0 atom stereocenters. The van der Waals surface area contributed by atoms with E-state index in [1.165, 1.54) is 0 Å². The van der Waals surface area contributed by atoms with Gasteiger partial charge in [-0.3, -0.25) is 9.59 Å². The summed E-state index contributed by atoms with van der Waals surface area (Å²) in [6.07, 6.45) is 1.23. The van der Waals surface area contributed by atoms with Crippen molar-refractivity contribution in [1.29, 1.82) is 0 Å². The smallest absolute Gasteiger partial charge is 0.253 e. The Hall–Kier alpha value is -3.26. The second-order valence-corrected chi connectivity index (χ2v) is 7.49. The molecule has 2 aromatic carbocycles. The minimum absolute atomic E-state index is 0.0421. The lowest BCUT2D eigenvalue weighted by Gasteiger charge is -2.31. The van der Waals surface area contributed by atoms with Gasteiger partial charge in [0.05, 0.1) is 6.61 Å². The summed E-state index contributed by atoms with van der Waals surface area (Å²) in [5.74, 6) is 1.72. The van der Waals surface area contributed by atoms with Crippen molar-refractivity contribution >= 4 is 17.5 Å². The van der Waals surface area contributed by atoms with Crippen molar-refractivity contribution in [2.24, 2.45) is 5.92 Å².